The third-order valence-corrected chi connectivity index (χ3v) is 3.53. The van der Waals surface area contributed by atoms with Crippen LogP contribution in [0.1, 0.15) is 26.3 Å². The van der Waals surface area contributed by atoms with Crippen LogP contribution in [-0.2, 0) is 5.60 Å². The molecular weight excluding hydrogens is 240 g/mol. The van der Waals surface area contributed by atoms with Crippen LogP contribution >= 0.6 is 10.0 Å². The summed E-state index contributed by atoms with van der Waals surface area (Å²) in [4.78, 5) is 0. The SMILES string of the molecule is CC(C)(C)C(O)(C#CS(C)(C)C)c1ccccc1. The summed E-state index contributed by atoms with van der Waals surface area (Å²) in [5.41, 5.74) is -0.561. The lowest BCUT2D eigenvalue weighted by Crippen LogP contribution is -2.38. The van der Waals surface area contributed by atoms with Crippen LogP contribution in [0.3, 0.4) is 0 Å². The monoisotopic (exact) mass is 264 g/mol. The molecule has 1 unspecified atom stereocenters. The van der Waals surface area contributed by atoms with Crippen LogP contribution in [0.5, 0.6) is 0 Å². The van der Waals surface area contributed by atoms with Crippen LogP contribution in [0, 0.1) is 16.6 Å². The van der Waals surface area contributed by atoms with E-state index in [0.29, 0.717) is 0 Å². The molecule has 0 fully saturated rings. The Hall–Kier alpha value is -0.910. The zero-order valence-corrected chi connectivity index (χ0v) is 13.1. The van der Waals surface area contributed by atoms with Gasteiger partial charge in [0.15, 0.2) is 5.60 Å². The van der Waals surface area contributed by atoms with E-state index < -0.39 is 15.6 Å². The molecule has 18 heavy (non-hydrogen) atoms. The fourth-order valence-corrected chi connectivity index (χ4v) is 2.05. The summed E-state index contributed by atoms with van der Waals surface area (Å²) in [6, 6.07) is 9.72. The van der Waals surface area contributed by atoms with Crippen LogP contribution in [0.25, 0.3) is 0 Å². The Labute approximate surface area is 113 Å². The zero-order valence-electron chi connectivity index (χ0n) is 12.2. The van der Waals surface area contributed by atoms with Crippen LogP contribution < -0.4 is 0 Å². The molecular formula is C16H24OS. The number of hydrogen-bond acceptors (Lipinski definition) is 1. The molecule has 1 aromatic rings. The van der Waals surface area contributed by atoms with E-state index in [2.05, 4.69) is 29.9 Å². The van der Waals surface area contributed by atoms with Crippen molar-refractivity contribution in [3.63, 3.8) is 0 Å². The van der Waals surface area contributed by atoms with Gasteiger partial charge in [-0.2, -0.15) is 10.0 Å². The summed E-state index contributed by atoms with van der Waals surface area (Å²) in [6.45, 7) is 6.06. The molecule has 1 rings (SSSR count). The lowest BCUT2D eigenvalue weighted by molar-refractivity contribution is -0.00892. The Morgan fingerprint density at radius 2 is 1.50 bits per heavy atom. The summed E-state index contributed by atoms with van der Waals surface area (Å²) >= 11 is 0. The molecule has 0 aliphatic rings. The van der Waals surface area contributed by atoms with Crippen molar-refractivity contribution in [3.8, 4) is 11.2 Å². The van der Waals surface area contributed by atoms with Crippen molar-refractivity contribution in [1.82, 2.24) is 0 Å². The van der Waals surface area contributed by atoms with E-state index in [1.165, 1.54) is 0 Å². The summed E-state index contributed by atoms with van der Waals surface area (Å²) in [6.07, 6.45) is 6.40. The largest absolute Gasteiger partial charge is 0.373 e. The third-order valence-electron chi connectivity index (χ3n) is 2.82. The standard InChI is InChI=1S/C16H24OS/c1-15(2,3)16(17,12-13-18(4,5)6)14-10-8-7-9-11-14/h7-11,17H,1-6H3. The van der Waals surface area contributed by atoms with Crippen LogP contribution in [0.15, 0.2) is 30.3 Å². The molecule has 1 N–H and O–H groups in total. The summed E-state index contributed by atoms with van der Waals surface area (Å²) in [7, 11) is -0.947. The highest BCUT2D eigenvalue weighted by molar-refractivity contribution is 8.35. The van der Waals surface area contributed by atoms with E-state index >= 15 is 0 Å². The van der Waals surface area contributed by atoms with Gasteiger partial charge in [0.05, 0.1) is 0 Å². The number of hydrogen-bond donors (Lipinski definition) is 1. The van der Waals surface area contributed by atoms with Crippen molar-refractivity contribution in [2.75, 3.05) is 18.8 Å². The molecule has 0 saturated heterocycles. The normalized spacial score (nSPS) is 16.4. The lowest BCUT2D eigenvalue weighted by atomic mass is 9.73. The van der Waals surface area contributed by atoms with E-state index in [9.17, 15) is 5.11 Å². The van der Waals surface area contributed by atoms with Crippen molar-refractivity contribution < 1.29 is 5.11 Å². The first kappa shape index (κ1) is 15.1. The first-order valence-corrected chi connectivity index (χ1v) is 8.92. The summed E-state index contributed by atoms with van der Waals surface area (Å²) in [5.74, 6) is 3.13. The van der Waals surface area contributed by atoms with Gasteiger partial charge in [0.1, 0.15) is 0 Å². The minimum absolute atomic E-state index is 0.327. The second-order valence-electron chi connectivity index (χ2n) is 6.39. The lowest BCUT2D eigenvalue weighted by Gasteiger charge is -2.36. The highest BCUT2D eigenvalue weighted by Crippen LogP contribution is 2.40. The van der Waals surface area contributed by atoms with Crippen LogP contribution in [0.2, 0.25) is 0 Å². The van der Waals surface area contributed by atoms with Crippen molar-refractivity contribution in [1.29, 1.82) is 0 Å². The van der Waals surface area contributed by atoms with Crippen LogP contribution in [-0.4, -0.2) is 23.9 Å². The molecule has 1 atom stereocenters. The summed E-state index contributed by atoms with van der Waals surface area (Å²) in [5, 5.41) is 14.3. The molecule has 0 heterocycles. The molecule has 0 aliphatic carbocycles. The second kappa shape index (κ2) is 4.99. The first-order chi connectivity index (χ1) is 8.06. The highest BCUT2D eigenvalue weighted by Gasteiger charge is 2.40. The maximum atomic E-state index is 11.0. The average Bonchev–Trinajstić information content (AvgIpc) is 2.24. The maximum Gasteiger partial charge on any atom is 0.156 e. The van der Waals surface area contributed by atoms with Gasteiger partial charge < -0.3 is 5.11 Å². The topological polar surface area (TPSA) is 20.2 Å². The van der Waals surface area contributed by atoms with Gasteiger partial charge in [0.25, 0.3) is 0 Å². The molecule has 0 radical (unpaired) electrons. The molecule has 0 aliphatic heterocycles. The van der Waals surface area contributed by atoms with Gasteiger partial charge in [0, 0.05) is 5.41 Å². The minimum Gasteiger partial charge on any atom is -0.373 e. The zero-order chi connectivity index (χ0) is 14.0. The van der Waals surface area contributed by atoms with E-state index in [1.807, 2.05) is 51.1 Å². The van der Waals surface area contributed by atoms with Crippen LogP contribution in [0.4, 0.5) is 0 Å². The Kier molecular flexibility index (Phi) is 4.20. The molecule has 0 bridgehead atoms. The Morgan fingerprint density at radius 1 is 1.00 bits per heavy atom. The molecule has 0 saturated carbocycles. The molecule has 0 aromatic heterocycles. The summed E-state index contributed by atoms with van der Waals surface area (Å²) < 4.78 is 0. The molecule has 0 amide bonds. The van der Waals surface area contributed by atoms with Gasteiger partial charge in [-0.15, -0.1) is 0 Å². The van der Waals surface area contributed by atoms with E-state index in [1.54, 1.807) is 0 Å². The molecule has 1 aromatic carbocycles. The number of rotatable bonds is 1. The first-order valence-electron chi connectivity index (χ1n) is 6.06. The second-order valence-corrected chi connectivity index (χ2v) is 10.3. The van der Waals surface area contributed by atoms with E-state index in [-0.39, 0.29) is 5.41 Å². The van der Waals surface area contributed by atoms with Gasteiger partial charge in [-0.25, -0.2) is 0 Å². The average molecular weight is 264 g/mol. The molecule has 0 spiro atoms. The number of benzene rings is 1. The Bertz CT molecular complexity index is 454. The fourth-order valence-electron chi connectivity index (χ4n) is 1.60. The highest BCUT2D eigenvalue weighted by atomic mass is 32.3. The smallest absolute Gasteiger partial charge is 0.156 e. The van der Waals surface area contributed by atoms with Gasteiger partial charge >= 0.3 is 0 Å². The molecule has 1 nitrogen and oxygen atoms in total. The van der Waals surface area contributed by atoms with E-state index in [4.69, 9.17) is 0 Å². The van der Waals surface area contributed by atoms with Crippen molar-refractivity contribution >= 4 is 10.0 Å². The Morgan fingerprint density at radius 3 is 1.89 bits per heavy atom. The van der Waals surface area contributed by atoms with Gasteiger partial charge in [-0.3, -0.25) is 0 Å². The molecule has 2 heteroatoms. The Balaban J connectivity index is 3.33. The quantitative estimate of drug-likeness (QED) is 0.769. The van der Waals surface area contributed by atoms with Crippen molar-refractivity contribution in [2.45, 2.75) is 26.4 Å². The van der Waals surface area contributed by atoms with Gasteiger partial charge in [-0.05, 0) is 24.3 Å². The third kappa shape index (κ3) is 3.54. The minimum atomic E-state index is -1.10. The van der Waals surface area contributed by atoms with Gasteiger partial charge in [0.2, 0.25) is 0 Å². The molecule has 100 valence electrons. The van der Waals surface area contributed by atoms with Crippen molar-refractivity contribution in [2.24, 2.45) is 5.41 Å². The van der Waals surface area contributed by atoms with E-state index in [0.717, 1.165) is 5.56 Å². The van der Waals surface area contributed by atoms with Crippen molar-refractivity contribution in [3.05, 3.63) is 35.9 Å². The fraction of sp³-hybridized carbons (Fsp3) is 0.500. The van der Waals surface area contributed by atoms with Gasteiger partial charge in [-0.1, -0.05) is 62.3 Å². The number of aliphatic hydroxyl groups is 1. The predicted molar refractivity (Wildman–Crippen MR) is 82.9 cm³/mol. The predicted octanol–water partition coefficient (Wildman–Crippen LogP) is 3.58. The maximum absolute atomic E-state index is 11.0.